The first-order valence-electron chi connectivity index (χ1n) is 20.5. The number of furan rings is 1. The van der Waals surface area contributed by atoms with Gasteiger partial charge in [-0.1, -0.05) is 111 Å². The van der Waals surface area contributed by atoms with Crippen molar-refractivity contribution >= 4 is 57.0 Å². The van der Waals surface area contributed by atoms with Crippen LogP contribution in [0.4, 0.5) is 0 Å². The van der Waals surface area contributed by atoms with Crippen LogP contribution in [0.1, 0.15) is 56.2 Å². The molecular formula is C55H42IrN4OSe-2. The third-order valence-corrected chi connectivity index (χ3v) is 12.8. The van der Waals surface area contributed by atoms with Gasteiger partial charge in [0.05, 0.1) is 34.1 Å². The first kappa shape index (κ1) is 42.3. The SMILES string of the molecule is CC(C)c1cc(-c2ccc(-c3ccccc3)cc2)cc(C(C)C)c1-n1c(-c2[c-]ccc3c2oc2cc(C#N)ccc23)nc2ccccc21.[Ir].[c-]1ccccc1[Se]c1ccccn1. The number of imidazole rings is 1. The summed E-state index contributed by atoms with van der Waals surface area (Å²) in [7, 11) is 0. The summed E-state index contributed by atoms with van der Waals surface area (Å²) in [5, 5.41) is 11.5. The second-order valence-corrected chi connectivity index (χ2v) is 17.8. The number of hydrogen-bond donors (Lipinski definition) is 0. The molecule has 3 aromatic heterocycles. The van der Waals surface area contributed by atoms with Crippen molar-refractivity contribution in [3.63, 3.8) is 0 Å². The molecule has 0 N–H and O–H groups in total. The molecule has 0 amide bonds. The Morgan fingerprint density at radius 2 is 1.32 bits per heavy atom. The summed E-state index contributed by atoms with van der Waals surface area (Å²) >= 11 is 0.294. The average molecular weight is 1050 g/mol. The monoisotopic (exact) mass is 1050 g/mol. The van der Waals surface area contributed by atoms with Crippen molar-refractivity contribution in [2.45, 2.75) is 39.5 Å². The molecular weight excluding hydrogens is 1000 g/mol. The van der Waals surface area contributed by atoms with Gasteiger partial charge in [-0.05, 0) is 81.6 Å². The van der Waals surface area contributed by atoms with Crippen LogP contribution in [0.5, 0.6) is 0 Å². The molecule has 62 heavy (non-hydrogen) atoms. The van der Waals surface area contributed by atoms with Crippen LogP contribution < -0.4 is 9.05 Å². The van der Waals surface area contributed by atoms with E-state index in [0.717, 1.165) is 43.5 Å². The summed E-state index contributed by atoms with van der Waals surface area (Å²) in [6, 6.07) is 65.1. The molecule has 7 aromatic carbocycles. The fourth-order valence-corrected chi connectivity index (χ4v) is 9.42. The van der Waals surface area contributed by atoms with Gasteiger partial charge in [0.15, 0.2) is 0 Å². The molecule has 0 unspecified atom stereocenters. The zero-order valence-electron chi connectivity index (χ0n) is 34.8. The van der Waals surface area contributed by atoms with E-state index in [-0.39, 0.29) is 31.9 Å². The van der Waals surface area contributed by atoms with Crippen LogP contribution in [-0.2, 0) is 20.1 Å². The molecule has 0 spiro atoms. The third-order valence-electron chi connectivity index (χ3n) is 10.8. The molecule has 10 aromatic rings. The molecule has 0 aliphatic heterocycles. The minimum absolute atomic E-state index is 0. The summed E-state index contributed by atoms with van der Waals surface area (Å²) < 4.78 is 11.2. The van der Waals surface area contributed by atoms with Crippen molar-refractivity contribution < 1.29 is 24.5 Å². The molecule has 0 bridgehead atoms. The van der Waals surface area contributed by atoms with Gasteiger partial charge < -0.3 is 8.98 Å². The van der Waals surface area contributed by atoms with Crippen LogP contribution in [0.15, 0.2) is 174 Å². The van der Waals surface area contributed by atoms with Crippen LogP contribution in [0, 0.1) is 23.5 Å². The van der Waals surface area contributed by atoms with E-state index in [1.807, 2.05) is 66.9 Å². The molecule has 0 atom stereocenters. The topological polar surface area (TPSA) is 67.6 Å². The summed E-state index contributed by atoms with van der Waals surface area (Å²) in [6.45, 7) is 9.07. The van der Waals surface area contributed by atoms with Crippen molar-refractivity contribution in [3.05, 3.63) is 199 Å². The van der Waals surface area contributed by atoms with Gasteiger partial charge in [0.1, 0.15) is 5.58 Å². The maximum atomic E-state index is 9.53. The Morgan fingerprint density at radius 3 is 2.00 bits per heavy atom. The fraction of sp³-hybridized carbons (Fsp3) is 0.109. The molecule has 0 aliphatic carbocycles. The average Bonchev–Trinajstić information content (AvgIpc) is 3.88. The zero-order chi connectivity index (χ0) is 41.9. The van der Waals surface area contributed by atoms with Gasteiger partial charge in [0, 0.05) is 31.2 Å². The summed E-state index contributed by atoms with van der Waals surface area (Å²) in [4.78, 5) is 9.53. The molecule has 305 valence electrons. The first-order chi connectivity index (χ1) is 29.9. The Bertz CT molecular complexity index is 3100. The number of aromatic nitrogens is 3. The molecule has 3 heterocycles. The first-order valence-corrected chi connectivity index (χ1v) is 22.2. The minimum atomic E-state index is 0. The summed E-state index contributed by atoms with van der Waals surface area (Å²) in [5.41, 5.74) is 13.2. The predicted octanol–water partition coefficient (Wildman–Crippen LogP) is 12.4. The second-order valence-electron chi connectivity index (χ2n) is 15.5. The standard InChI is InChI=1S/C44H34N3O.C11H8NSe.Ir/c1-27(2)37-24-33(32-20-18-31(19-21-32)30-11-6-5-7-12-30)25-38(28(3)4)42(37)47-40-16-9-8-15-39(40)46-44(47)36-14-10-13-35-34-22-17-29(26-45)23-41(34)48-43(35)36;1-2-6-10(7-3-1)13-11-8-4-5-9-12-11;/h5-13,15-25,27-28H,1-4H3;1-6,8-9H;/q2*-1;. The van der Waals surface area contributed by atoms with Crippen LogP contribution in [0.3, 0.4) is 0 Å². The van der Waals surface area contributed by atoms with E-state index in [4.69, 9.17) is 9.40 Å². The predicted molar refractivity (Wildman–Crippen MR) is 251 cm³/mol. The van der Waals surface area contributed by atoms with E-state index in [1.54, 1.807) is 6.07 Å². The molecule has 5 nitrogen and oxygen atoms in total. The van der Waals surface area contributed by atoms with E-state index >= 15 is 0 Å². The van der Waals surface area contributed by atoms with E-state index in [2.05, 4.69) is 153 Å². The van der Waals surface area contributed by atoms with Crippen LogP contribution in [-0.4, -0.2) is 29.5 Å². The van der Waals surface area contributed by atoms with E-state index in [0.29, 0.717) is 31.7 Å². The number of benzene rings is 7. The van der Waals surface area contributed by atoms with Crippen molar-refractivity contribution in [1.29, 1.82) is 5.26 Å². The van der Waals surface area contributed by atoms with Crippen molar-refractivity contribution in [2.75, 3.05) is 0 Å². The molecule has 7 heteroatoms. The number of nitrogens with zero attached hydrogens (tertiary/aromatic N) is 4. The second kappa shape index (κ2) is 18.7. The normalized spacial score (nSPS) is 11.1. The quantitative estimate of drug-likeness (QED) is 0.112. The number of rotatable bonds is 8. The van der Waals surface area contributed by atoms with Crippen molar-refractivity contribution in [1.82, 2.24) is 14.5 Å². The summed E-state index contributed by atoms with van der Waals surface area (Å²) in [6.07, 6.45) is 1.83. The fourth-order valence-electron chi connectivity index (χ4n) is 7.83. The van der Waals surface area contributed by atoms with Gasteiger partial charge in [-0.15, -0.1) is 18.2 Å². The van der Waals surface area contributed by atoms with Crippen molar-refractivity contribution in [2.24, 2.45) is 0 Å². The number of nitriles is 1. The van der Waals surface area contributed by atoms with Gasteiger partial charge in [-0.2, -0.15) is 5.26 Å². The Morgan fingerprint density at radius 1 is 0.645 bits per heavy atom. The van der Waals surface area contributed by atoms with Gasteiger partial charge in [-0.25, -0.2) is 0 Å². The molecule has 1 radical (unpaired) electrons. The number of para-hydroxylation sites is 2. The van der Waals surface area contributed by atoms with Gasteiger partial charge in [-0.3, -0.25) is 4.98 Å². The number of fused-ring (bicyclic) bond motifs is 4. The molecule has 0 saturated heterocycles. The Kier molecular flexibility index (Phi) is 12.8. The van der Waals surface area contributed by atoms with E-state index in [9.17, 15) is 5.26 Å². The van der Waals surface area contributed by atoms with E-state index < -0.39 is 0 Å². The van der Waals surface area contributed by atoms with Gasteiger partial charge in [0.25, 0.3) is 0 Å². The number of pyridine rings is 1. The van der Waals surface area contributed by atoms with Gasteiger partial charge >= 0.3 is 83.7 Å². The Hall–Kier alpha value is -6.38. The maximum absolute atomic E-state index is 9.53. The number of hydrogen-bond acceptors (Lipinski definition) is 4. The molecule has 10 rings (SSSR count). The Labute approximate surface area is 382 Å². The van der Waals surface area contributed by atoms with Crippen LogP contribution in [0.25, 0.3) is 72.3 Å². The van der Waals surface area contributed by atoms with Gasteiger partial charge in [0.2, 0.25) is 0 Å². The van der Waals surface area contributed by atoms with Crippen molar-refractivity contribution in [3.8, 4) is 45.4 Å². The molecule has 0 fully saturated rings. The Balaban J connectivity index is 0.000000323. The summed E-state index contributed by atoms with van der Waals surface area (Å²) in [5.74, 6) is 1.26. The third kappa shape index (κ3) is 8.57. The van der Waals surface area contributed by atoms with Crippen LogP contribution in [0.2, 0.25) is 0 Å². The molecule has 0 aliphatic rings. The zero-order valence-corrected chi connectivity index (χ0v) is 38.9. The molecule has 0 saturated carbocycles. The van der Waals surface area contributed by atoms with E-state index in [1.165, 1.54) is 37.8 Å². The van der Waals surface area contributed by atoms with Crippen LogP contribution >= 0.6 is 0 Å².